The first-order chi connectivity index (χ1) is 32.0. The van der Waals surface area contributed by atoms with Crippen LogP contribution >= 0.6 is 40.1 Å². The van der Waals surface area contributed by atoms with Crippen LogP contribution in [0.3, 0.4) is 0 Å². The summed E-state index contributed by atoms with van der Waals surface area (Å²) in [5.74, 6) is 0. The average Bonchev–Trinajstić information content (AvgIpc) is 3.35. The predicted octanol–water partition coefficient (Wildman–Crippen LogP) is 11.9. The summed E-state index contributed by atoms with van der Waals surface area (Å²) in [6.07, 6.45) is 2.12. The van der Waals surface area contributed by atoms with Crippen molar-refractivity contribution in [3.8, 4) is 0 Å². The monoisotopic (exact) mass is 1160 g/mol. The number of rotatable bonds is 1. The van der Waals surface area contributed by atoms with Crippen LogP contribution in [0, 0.1) is 111 Å². The second-order valence-electron chi connectivity index (χ2n) is 17.3. The van der Waals surface area contributed by atoms with E-state index in [2.05, 4.69) is 165 Å². The molecule has 0 amide bonds. The molecule has 0 radical (unpaired) electrons. The summed E-state index contributed by atoms with van der Waals surface area (Å²) in [5, 5.41) is 12.3. The second kappa shape index (κ2) is 32.3. The van der Waals surface area contributed by atoms with Crippen LogP contribution < -0.4 is 71.8 Å². The first-order valence-corrected chi connectivity index (χ1v) is 41.8. The van der Waals surface area contributed by atoms with Crippen LogP contribution in [0.4, 0.5) is 27.1 Å². The van der Waals surface area contributed by atoms with E-state index in [1.54, 1.807) is 0 Å². The molecule has 1 N–H and O–H groups in total. The molecule has 1 atom stereocenters. The Morgan fingerprint density at radius 1 is 0.507 bits per heavy atom. The Hall–Kier alpha value is 0.699. The molecule has 2 aliphatic rings. The van der Waals surface area contributed by atoms with Gasteiger partial charge in [-0.3, -0.25) is 4.39 Å². The first-order valence-electron chi connectivity index (χ1n) is 23.1. The molecule has 69 heavy (non-hydrogen) atoms. The molecule has 0 aromatic heterocycles. The Morgan fingerprint density at radius 2 is 0.739 bits per heavy atom. The third-order valence-corrected chi connectivity index (χ3v) is 15.5. The Labute approximate surface area is 521 Å². The van der Waals surface area contributed by atoms with Crippen LogP contribution in [0.5, 0.6) is 0 Å². The quantitative estimate of drug-likeness (QED) is 0.0763. The molecule has 0 fully saturated rings. The molecule has 2 aliphatic heterocycles. The van der Waals surface area contributed by atoms with Crippen molar-refractivity contribution in [2.75, 3.05) is 24.4 Å². The number of alkyl halides is 1. The van der Waals surface area contributed by atoms with E-state index in [0.717, 1.165) is 21.8 Å². The standard InChI is InChI=1S/C22H29N.C21H27N.2C6H5Br.CH3F.3K.HO4P.H2/c1-11-13(3)17(7)21-19(15(11)5)10-20-16(6)12(2)14(4)18(8)22(20)23(21)9;1-10-12(3)16(7)20-18(14(10)5)9-19-15(6)11(2)13(4)17(8)21(19)22-20;2*7-6-4-2-1-3-5-6;1-2;;;;1-4-5(2)3;/h10H2,1-9H3;22H,9H2,1-8H3;2*1-5H;1H3;;;;1H;1H/q;;;;;;;+1;;/p-1/i;;;;;;;;;1+1. The van der Waals surface area contributed by atoms with E-state index >= 15 is 0 Å². The van der Waals surface area contributed by atoms with E-state index < -0.39 is 8.25 Å². The van der Waals surface area contributed by atoms with Crippen LogP contribution in [0.2, 0.25) is 0 Å². The van der Waals surface area contributed by atoms with Gasteiger partial charge in [0.25, 0.3) is 0 Å². The van der Waals surface area contributed by atoms with Gasteiger partial charge in [-0.25, -0.2) is 4.67 Å². The third-order valence-electron chi connectivity index (χ3n) is 14.4. The number of benzene rings is 6. The molecule has 8 rings (SSSR count). The molecular formula is C56H71Br2FK3N2O4P. The minimum atomic E-state index is -3.15. The molecule has 358 valence electrons. The Kier molecular flexibility index (Phi) is 31.7. The van der Waals surface area contributed by atoms with Gasteiger partial charge in [-0.2, -0.15) is 0 Å². The molecule has 0 bridgehead atoms. The molecule has 0 spiro atoms. The van der Waals surface area contributed by atoms with Crippen molar-refractivity contribution in [3.05, 3.63) is 181 Å². The van der Waals surface area contributed by atoms with Gasteiger partial charge in [-0.05, 0) is 251 Å². The molecule has 0 aliphatic carbocycles. The number of fused-ring (bicyclic) bond motifs is 4. The molecule has 6 aromatic rings. The van der Waals surface area contributed by atoms with Gasteiger partial charge in [0.05, 0.1) is 7.18 Å². The molecule has 13 heteroatoms. The topological polar surface area (TPSA) is 87.7 Å². The zero-order valence-corrected chi connectivity index (χ0v) is 58.8. The fourth-order valence-electron chi connectivity index (χ4n) is 9.06. The molecule has 2 heterocycles. The van der Waals surface area contributed by atoms with Crippen molar-refractivity contribution >= 4 is 126 Å². The summed E-state index contributed by atoms with van der Waals surface area (Å²) < 4.78 is 23.1. The van der Waals surface area contributed by atoms with Crippen LogP contribution in [0.15, 0.2) is 69.6 Å². The number of anilines is 4. The van der Waals surface area contributed by atoms with Gasteiger partial charge in [0.15, 0.2) is 0 Å². The van der Waals surface area contributed by atoms with Gasteiger partial charge >= 0.3 is 123 Å². The molecular weight excluding hydrogens is 1090 g/mol. The maximum absolute atomic E-state index is 9.50. The van der Waals surface area contributed by atoms with E-state index in [0.29, 0.717) is 7.18 Å². The van der Waals surface area contributed by atoms with Crippen molar-refractivity contribution in [2.24, 2.45) is 0 Å². The average molecular weight is 1160 g/mol. The predicted molar refractivity (Wildman–Crippen MR) is 296 cm³/mol. The van der Waals surface area contributed by atoms with E-state index in [1.165, 1.54) is 197 Å². The molecule has 6 nitrogen and oxygen atoms in total. The number of hydrogen-bond donors (Lipinski definition) is 1. The summed E-state index contributed by atoms with van der Waals surface area (Å²) in [7, 11) is -0.405. The van der Waals surface area contributed by atoms with Gasteiger partial charge in [0.2, 0.25) is 0 Å². The number of halogens is 3. The fourth-order valence-corrected chi connectivity index (χ4v) is 9.67. The van der Waals surface area contributed by atoms with Crippen molar-refractivity contribution in [3.63, 3.8) is 0 Å². The summed E-state index contributed by atoms with van der Waals surface area (Å²) in [6.45, 7) is 36.3. The van der Waals surface area contributed by atoms with Crippen LogP contribution in [0.1, 0.15) is 113 Å². The summed E-state index contributed by atoms with van der Waals surface area (Å²) >= 11 is 9.12. The molecule has 0 saturated carbocycles. The maximum atomic E-state index is 9.50. The van der Waals surface area contributed by atoms with Crippen LogP contribution in [-0.2, 0) is 22.1 Å². The van der Waals surface area contributed by atoms with Gasteiger partial charge < -0.3 is 20.4 Å². The van der Waals surface area contributed by atoms with E-state index in [9.17, 15) is 4.39 Å². The molecule has 1 unspecified atom stereocenters. The van der Waals surface area contributed by atoms with Crippen LogP contribution in [0.25, 0.3) is 0 Å². The van der Waals surface area contributed by atoms with E-state index in [1.807, 2.05) is 60.7 Å². The van der Waals surface area contributed by atoms with E-state index in [4.69, 9.17) is 14.7 Å². The first kappa shape index (κ1) is 67.7. The number of nitrogens with zero attached hydrogens (tertiary/aromatic N) is 1. The van der Waals surface area contributed by atoms with Crippen LogP contribution in [-0.4, -0.2) is 77.4 Å². The summed E-state index contributed by atoms with van der Waals surface area (Å²) in [5.41, 5.74) is 34.6. The molecule has 0 saturated heterocycles. The second-order valence-corrected chi connectivity index (χ2v) is 19.7. The normalized spacial score (nSPS) is 11.2. The number of hydrogen-bond acceptors (Lipinski definition) is 6. The van der Waals surface area contributed by atoms with Gasteiger partial charge in [-0.1, -0.05) is 68.3 Å². The number of nitrogens with one attached hydrogen (secondary N) is 1. The Morgan fingerprint density at radius 3 is 0.986 bits per heavy atom. The Balaban J connectivity index is 0.000000928. The van der Waals surface area contributed by atoms with Gasteiger partial charge in [0.1, 0.15) is 0 Å². The minimum absolute atomic E-state index is 0. The third kappa shape index (κ3) is 16.8. The zero-order chi connectivity index (χ0) is 52.1. The zero-order valence-electron chi connectivity index (χ0n) is 45.3. The SMILES string of the molecule is Brc1ccccc1.Brc1ccccc1.CF.Cc1c(C)c(C)c2c(c1C)Cc1c(C)c(C)c(C)c(C)c1N2.Cc1c(C)c(C)c2c(c1C)Cc1c(C)c(C)c(C)c(C)c1N2C.O=[P+]([O-])O[O-].[2HH].[K+].[K][K]. The van der Waals surface area contributed by atoms with Gasteiger partial charge in [0, 0.05) is 53.0 Å². The molecule has 6 aromatic carbocycles. The van der Waals surface area contributed by atoms with E-state index in [-0.39, 0.29) is 52.8 Å². The van der Waals surface area contributed by atoms with Crippen molar-refractivity contribution in [2.45, 2.75) is 124 Å². The van der Waals surface area contributed by atoms with Crippen molar-refractivity contribution < 1.29 is 76.6 Å². The Bertz CT molecular complexity index is 2490. The summed E-state index contributed by atoms with van der Waals surface area (Å²) in [4.78, 5) is 11.3. The summed E-state index contributed by atoms with van der Waals surface area (Å²) in [6, 6.07) is 19.9. The fraction of sp³-hybridized carbons (Fsp3) is 0.357. The van der Waals surface area contributed by atoms with Crippen molar-refractivity contribution in [1.29, 1.82) is 0 Å². The van der Waals surface area contributed by atoms with Gasteiger partial charge in [-0.15, -0.1) is 0 Å². The van der Waals surface area contributed by atoms with Crippen molar-refractivity contribution in [1.82, 2.24) is 0 Å².